The molecule has 1 aromatic heterocycles. The van der Waals surface area contributed by atoms with Gasteiger partial charge in [0, 0.05) is 32.7 Å². The SMILES string of the molecule is COc1cn(-c2cccc(C(F)(F)F)c2)nc1C(=O)N1CCN(Cc2ccccc2)CC1. The van der Waals surface area contributed by atoms with E-state index < -0.39 is 11.7 Å². The molecule has 1 saturated heterocycles. The summed E-state index contributed by atoms with van der Waals surface area (Å²) in [5.41, 5.74) is 0.715. The lowest BCUT2D eigenvalue weighted by molar-refractivity contribution is -0.137. The molecule has 0 spiro atoms. The number of amides is 1. The Morgan fingerprint density at radius 2 is 1.75 bits per heavy atom. The number of carbonyl (C=O) groups is 1. The van der Waals surface area contributed by atoms with Gasteiger partial charge in [-0.25, -0.2) is 4.68 Å². The van der Waals surface area contributed by atoms with E-state index in [-0.39, 0.29) is 23.0 Å². The van der Waals surface area contributed by atoms with Gasteiger partial charge in [0.2, 0.25) is 0 Å². The molecule has 0 unspecified atom stereocenters. The van der Waals surface area contributed by atoms with E-state index in [9.17, 15) is 18.0 Å². The topological polar surface area (TPSA) is 50.6 Å². The van der Waals surface area contributed by atoms with Crippen molar-refractivity contribution in [3.05, 3.63) is 77.6 Å². The summed E-state index contributed by atoms with van der Waals surface area (Å²) < 4.78 is 45.7. The minimum Gasteiger partial charge on any atom is -0.493 e. The second-order valence-electron chi connectivity index (χ2n) is 7.59. The third kappa shape index (κ3) is 4.77. The van der Waals surface area contributed by atoms with Crippen molar-refractivity contribution in [2.75, 3.05) is 33.3 Å². The van der Waals surface area contributed by atoms with Gasteiger partial charge in [-0.3, -0.25) is 9.69 Å². The Hall–Kier alpha value is -3.33. The van der Waals surface area contributed by atoms with Crippen molar-refractivity contribution in [3.8, 4) is 11.4 Å². The summed E-state index contributed by atoms with van der Waals surface area (Å²) >= 11 is 0. The Kier molecular flexibility index (Phi) is 6.18. The summed E-state index contributed by atoms with van der Waals surface area (Å²) in [4.78, 5) is 17.1. The zero-order valence-corrected chi connectivity index (χ0v) is 17.5. The van der Waals surface area contributed by atoms with E-state index in [0.717, 1.165) is 31.8 Å². The number of halogens is 3. The lowest BCUT2D eigenvalue weighted by atomic mass is 10.2. The highest BCUT2D eigenvalue weighted by Gasteiger charge is 2.31. The fraction of sp³-hybridized carbons (Fsp3) is 0.304. The van der Waals surface area contributed by atoms with Gasteiger partial charge >= 0.3 is 6.18 Å². The molecular weight excluding hydrogens is 421 g/mol. The number of hydrogen-bond acceptors (Lipinski definition) is 4. The van der Waals surface area contributed by atoms with Crippen LogP contribution in [0.4, 0.5) is 13.2 Å². The Labute approximate surface area is 183 Å². The predicted molar refractivity (Wildman–Crippen MR) is 113 cm³/mol. The summed E-state index contributed by atoms with van der Waals surface area (Å²) in [7, 11) is 1.40. The predicted octanol–water partition coefficient (Wildman–Crippen LogP) is 3.86. The lowest BCUT2D eigenvalue weighted by Gasteiger charge is -2.34. The largest absolute Gasteiger partial charge is 0.493 e. The number of aromatic nitrogens is 2. The summed E-state index contributed by atoms with van der Waals surface area (Å²) in [5, 5.41) is 4.26. The van der Waals surface area contributed by atoms with Crippen molar-refractivity contribution in [2.24, 2.45) is 0 Å². The average Bonchev–Trinajstić information content (AvgIpc) is 3.24. The molecular formula is C23H23F3N4O2. The van der Waals surface area contributed by atoms with Gasteiger partial charge in [0.15, 0.2) is 11.4 Å². The van der Waals surface area contributed by atoms with Crippen LogP contribution in [0.5, 0.6) is 5.75 Å². The maximum absolute atomic E-state index is 13.1. The van der Waals surface area contributed by atoms with Crippen molar-refractivity contribution in [3.63, 3.8) is 0 Å². The van der Waals surface area contributed by atoms with Crippen LogP contribution in [-0.4, -0.2) is 58.8 Å². The molecule has 2 heterocycles. The number of hydrogen-bond donors (Lipinski definition) is 0. The number of carbonyl (C=O) groups excluding carboxylic acids is 1. The molecule has 0 N–H and O–H groups in total. The first-order valence-corrected chi connectivity index (χ1v) is 10.2. The Morgan fingerprint density at radius 3 is 2.41 bits per heavy atom. The van der Waals surface area contributed by atoms with Crippen LogP contribution in [0.2, 0.25) is 0 Å². The zero-order chi connectivity index (χ0) is 22.7. The Bertz CT molecular complexity index is 1070. The lowest BCUT2D eigenvalue weighted by Crippen LogP contribution is -2.48. The van der Waals surface area contributed by atoms with Gasteiger partial charge in [-0.15, -0.1) is 0 Å². The second kappa shape index (κ2) is 9.04. The molecule has 0 aliphatic carbocycles. The molecule has 1 aliphatic heterocycles. The third-order valence-electron chi connectivity index (χ3n) is 5.45. The van der Waals surface area contributed by atoms with Gasteiger partial charge in [0.1, 0.15) is 0 Å². The number of ether oxygens (including phenoxy) is 1. The fourth-order valence-electron chi connectivity index (χ4n) is 3.71. The fourth-order valence-corrected chi connectivity index (χ4v) is 3.71. The van der Waals surface area contributed by atoms with Crippen LogP contribution in [0, 0.1) is 0 Å². The van der Waals surface area contributed by atoms with Gasteiger partial charge in [0.25, 0.3) is 5.91 Å². The molecule has 1 aliphatic rings. The summed E-state index contributed by atoms with van der Waals surface area (Å²) in [5.74, 6) is -0.0777. The van der Waals surface area contributed by atoms with E-state index >= 15 is 0 Å². The van der Waals surface area contributed by atoms with Crippen molar-refractivity contribution in [1.29, 1.82) is 0 Å². The molecule has 0 saturated carbocycles. The highest BCUT2D eigenvalue weighted by molar-refractivity contribution is 5.95. The van der Waals surface area contributed by atoms with Gasteiger partial charge in [0.05, 0.1) is 24.6 Å². The highest BCUT2D eigenvalue weighted by Crippen LogP contribution is 2.31. The molecule has 9 heteroatoms. The van der Waals surface area contributed by atoms with Crippen molar-refractivity contribution in [2.45, 2.75) is 12.7 Å². The van der Waals surface area contributed by atoms with Gasteiger partial charge in [-0.1, -0.05) is 36.4 Å². The first-order valence-electron chi connectivity index (χ1n) is 10.2. The molecule has 2 aromatic carbocycles. The number of nitrogens with zero attached hydrogens (tertiary/aromatic N) is 4. The zero-order valence-electron chi connectivity index (χ0n) is 17.5. The molecule has 1 fully saturated rings. The molecule has 6 nitrogen and oxygen atoms in total. The second-order valence-corrected chi connectivity index (χ2v) is 7.59. The van der Waals surface area contributed by atoms with Crippen LogP contribution in [0.25, 0.3) is 5.69 Å². The molecule has 4 rings (SSSR count). The standard InChI is InChI=1S/C23H23F3N4O2/c1-32-20-16-30(19-9-5-8-18(14-19)23(24,25)26)27-21(20)22(31)29-12-10-28(11-13-29)15-17-6-3-2-4-7-17/h2-9,14,16H,10-13,15H2,1H3. The molecule has 0 radical (unpaired) electrons. The third-order valence-corrected chi connectivity index (χ3v) is 5.45. The van der Waals surface area contributed by atoms with Crippen LogP contribution in [0.15, 0.2) is 60.8 Å². The minimum atomic E-state index is -4.47. The van der Waals surface area contributed by atoms with Crippen LogP contribution in [0.3, 0.4) is 0 Å². The minimum absolute atomic E-state index is 0.0846. The number of piperazine rings is 1. The highest BCUT2D eigenvalue weighted by atomic mass is 19.4. The molecule has 3 aromatic rings. The normalized spacial score (nSPS) is 15.1. The van der Waals surface area contributed by atoms with E-state index in [2.05, 4.69) is 22.1 Å². The first-order chi connectivity index (χ1) is 15.3. The van der Waals surface area contributed by atoms with Crippen LogP contribution in [0.1, 0.15) is 21.6 Å². The van der Waals surface area contributed by atoms with Gasteiger partial charge in [-0.2, -0.15) is 18.3 Å². The maximum atomic E-state index is 13.1. The van der Waals surface area contributed by atoms with E-state index in [1.807, 2.05) is 18.2 Å². The quantitative estimate of drug-likeness (QED) is 0.600. The molecule has 1 amide bonds. The van der Waals surface area contributed by atoms with Crippen LogP contribution < -0.4 is 4.74 Å². The average molecular weight is 444 g/mol. The Morgan fingerprint density at radius 1 is 1.03 bits per heavy atom. The first kappa shape index (κ1) is 21.9. The molecule has 0 atom stereocenters. The van der Waals surface area contributed by atoms with Gasteiger partial charge < -0.3 is 9.64 Å². The maximum Gasteiger partial charge on any atom is 0.416 e. The number of alkyl halides is 3. The van der Waals surface area contributed by atoms with Crippen LogP contribution in [-0.2, 0) is 12.7 Å². The van der Waals surface area contributed by atoms with E-state index in [1.165, 1.54) is 35.7 Å². The summed E-state index contributed by atoms with van der Waals surface area (Å²) in [6.07, 6.45) is -3.04. The number of methoxy groups -OCH3 is 1. The van der Waals surface area contributed by atoms with Crippen molar-refractivity contribution in [1.82, 2.24) is 19.6 Å². The van der Waals surface area contributed by atoms with E-state index in [4.69, 9.17) is 4.74 Å². The monoisotopic (exact) mass is 444 g/mol. The molecule has 0 bridgehead atoms. The molecule has 32 heavy (non-hydrogen) atoms. The number of rotatable bonds is 5. The number of benzene rings is 2. The summed E-state index contributed by atoms with van der Waals surface area (Å²) in [6.45, 7) is 3.32. The molecule has 168 valence electrons. The van der Waals surface area contributed by atoms with Crippen molar-refractivity contribution >= 4 is 5.91 Å². The van der Waals surface area contributed by atoms with Crippen molar-refractivity contribution < 1.29 is 22.7 Å². The Balaban J connectivity index is 1.47. The van der Waals surface area contributed by atoms with Crippen LogP contribution >= 0.6 is 0 Å². The van der Waals surface area contributed by atoms with E-state index in [0.29, 0.717) is 13.1 Å². The summed E-state index contributed by atoms with van der Waals surface area (Å²) in [6, 6.07) is 14.9. The van der Waals surface area contributed by atoms with Gasteiger partial charge in [-0.05, 0) is 23.8 Å². The van der Waals surface area contributed by atoms with E-state index in [1.54, 1.807) is 4.90 Å². The smallest absolute Gasteiger partial charge is 0.416 e.